The summed E-state index contributed by atoms with van der Waals surface area (Å²) >= 11 is 0. The van der Waals surface area contributed by atoms with Gasteiger partial charge in [-0.05, 0) is 0 Å². The Morgan fingerprint density at radius 3 is 2.12 bits per heavy atom. The molecule has 0 aliphatic rings. The summed E-state index contributed by atoms with van der Waals surface area (Å²) in [7, 11) is 12.1. The van der Waals surface area contributed by atoms with Gasteiger partial charge in [-0.15, -0.1) is 16.7 Å². The number of hydrogen-bond acceptors (Lipinski definition) is 0. The van der Waals surface area contributed by atoms with Gasteiger partial charge < -0.3 is 0 Å². The van der Waals surface area contributed by atoms with Gasteiger partial charge in [-0.25, -0.2) is 0 Å². The molecule has 0 nitrogen and oxygen atoms in total. The third-order valence-corrected chi connectivity index (χ3v) is 31.2. The van der Waals surface area contributed by atoms with E-state index in [1.807, 2.05) is 0 Å². The highest BCUT2D eigenvalue weighted by Gasteiger charge is 1.81. The van der Waals surface area contributed by atoms with Crippen LogP contribution in [0.4, 0.5) is 0 Å². The van der Waals surface area contributed by atoms with Gasteiger partial charge >= 0.3 is 0 Å². The summed E-state index contributed by atoms with van der Waals surface area (Å²) in [6.45, 7) is 0. The van der Waals surface area contributed by atoms with Crippen LogP contribution < -0.4 is 0 Å². The molecule has 0 aromatic carbocycles. The van der Waals surface area contributed by atoms with E-state index in [-0.39, 0.29) is 0 Å². The molecule has 0 aromatic rings. The molecule has 7 unspecified atom stereocenters. The second-order valence-electron chi connectivity index (χ2n) is 0.894. The zero-order valence-electron chi connectivity index (χ0n) is 4.58. The Morgan fingerprint density at radius 1 is 1.00 bits per heavy atom. The lowest BCUT2D eigenvalue weighted by Crippen LogP contribution is -1.18. The van der Waals surface area contributed by atoms with E-state index >= 15 is 0 Å². The zero-order valence-corrected chi connectivity index (χ0v) is 13.7. The molecule has 0 aromatic heterocycles. The first-order chi connectivity index (χ1) is 3.91. The fraction of sp³-hybridized carbons (Fsp3) is 0. The molecule has 0 aliphatic carbocycles. The van der Waals surface area contributed by atoms with E-state index in [1.54, 1.807) is 0 Å². The van der Waals surface area contributed by atoms with Crippen LogP contribution in [0, 0.1) is 0 Å². The van der Waals surface area contributed by atoms with Gasteiger partial charge in [0, 0.05) is 9.91 Å². The van der Waals surface area contributed by atoms with Gasteiger partial charge in [-0.2, -0.15) is 0 Å². The van der Waals surface area contributed by atoms with Gasteiger partial charge in [-0.1, -0.05) is 39.8 Å². The van der Waals surface area contributed by atoms with Crippen LogP contribution in [0.25, 0.3) is 0 Å². The molecule has 0 aliphatic heterocycles. The molecule has 0 amide bonds. The summed E-state index contributed by atoms with van der Waals surface area (Å²) in [5, 5.41) is 0. The Bertz CT molecular complexity index is 29.4. The lowest BCUT2D eigenvalue weighted by molar-refractivity contribution is 4.91. The first-order valence-electron chi connectivity index (χ1n) is 2.04. The van der Waals surface area contributed by atoms with Crippen molar-refractivity contribution < 1.29 is 0 Å². The first kappa shape index (κ1) is 11.2. The standard InChI is InChI=1S/H11P7Si/c1-2-3-4-5-6-7-8/h2-7H,1H2,8H3. The van der Waals surface area contributed by atoms with E-state index in [1.165, 1.54) is 49.6 Å². The van der Waals surface area contributed by atoms with Crippen molar-refractivity contribution in [3.63, 3.8) is 0 Å². The molecule has 0 fully saturated rings. The minimum atomic E-state index is 1.15. The maximum atomic E-state index is 2.83. The molecule has 0 spiro atoms. The third kappa shape index (κ3) is 9.23. The van der Waals surface area contributed by atoms with Crippen molar-refractivity contribution in [2.45, 2.75) is 0 Å². The van der Waals surface area contributed by atoms with Crippen molar-refractivity contribution in [2.75, 3.05) is 0 Å². The van der Waals surface area contributed by atoms with Gasteiger partial charge in [-0.3, -0.25) is 0 Å². The third-order valence-electron chi connectivity index (χ3n) is 0.385. The lowest BCUT2D eigenvalue weighted by atomic mass is 27.7. The van der Waals surface area contributed by atoms with Crippen LogP contribution in [-0.4, -0.2) is 9.91 Å². The molecular formula is H11P7Si. The monoisotopic (exact) mass is 256 g/mol. The summed E-state index contributed by atoms with van der Waals surface area (Å²) in [4.78, 5) is 0. The molecule has 8 heteroatoms. The average Bonchev–Trinajstić information content (AvgIpc) is 1.81. The van der Waals surface area contributed by atoms with Gasteiger partial charge in [0.1, 0.15) is 0 Å². The van der Waals surface area contributed by atoms with E-state index in [4.69, 9.17) is 0 Å². The van der Waals surface area contributed by atoms with Crippen LogP contribution in [0.2, 0.25) is 0 Å². The highest BCUT2D eigenvalue weighted by molar-refractivity contribution is 8.79. The maximum Gasteiger partial charge on any atom is 0.0345 e. The molecule has 0 bridgehead atoms. The smallest absolute Gasteiger partial charge is 0.0345 e. The fourth-order valence-electron chi connectivity index (χ4n) is 0.161. The van der Waals surface area contributed by atoms with Crippen LogP contribution in [0.15, 0.2) is 0 Å². The van der Waals surface area contributed by atoms with Crippen molar-refractivity contribution in [1.29, 1.82) is 0 Å². The van der Waals surface area contributed by atoms with Crippen molar-refractivity contribution in [1.82, 2.24) is 0 Å². The van der Waals surface area contributed by atoms with E-state index in [9.17, 15) is 0 Å². The van der Waals surface area contributed by atoms with Crippen molar-refractivity contribution >= 4 is 66.4 Å². The van der Waals surface area contributed by atoms with Crippen molar-refractivity contribution in [3.8, 4) is 0 Å². The van der Waals surface area contributed by atoms with E-state index < -0.39 is 0 Å². The molecule has 50 valence electrons. The maximum absolute atomic E-state index is 2.83. The topological polar surface area (TPSA) is 0 Å². The summed E-state index contributed by atoms with van der Waals surface area (Å²) in [6, 6.07) is 0. The van der Waals surface area contributed by atoms with Crippen LogP contribution in [0.3, 0.4) is 0 Å². The Hall–Kier alpha value is 3.23. The average molecular weight is 256 g/mol. The predicted octanol–water partition coefficient (Wildman–Crippen LogP) is 2.70. The van der Waals surface area contributed by atoms with E-state index in [0.717, 1.165) is 7.96 Å². The van der Waals surface area contributed by atoms with Crippen LogP contribution in [0.1, 0.15) is 0 Å². The first-order valence-corrected chi connectivity index (χ1v) is 18.3. The fourth-order valence-corrected chi connectivity index (χ4v) is 39.1. The van der Waals surface area contributed by atoms with Crippen LogP contribution in [-0.2, 0) is 0 Å². The minimum absolute atomic E-state index is 1.15. The van der Waals surface area contributed by atoms with Crippen molar-refractivity contribution in [2.24, 2.45) is 0 Å². The highest BCUT2D eigenvalue weighted by Crippen LogP contribution is 2.73. The van der Waals surface area contributed by atoms with Gasteiger partial charge in [0.05, 0.1) is 0 Å². The summed E-state index contributed by atoms with van der Waals surface area (Å²) in [5.74, 6) is 0. The van der Waals surface area contributed by atoms with E-state index in [0.29, 0.717) is 0 Å². The normalized spacial score (nSPS) is 19.1. The molecule has 0 saturated heterocycles. The van der Waals surface area contributed by atoms with Gasteiger partial charge in [0.15, 0.2) is 0 Å². The zero-order chi connectivity index (χ0) is 6.24. The molecular weight excluding hydrogens is 245 g/mol. The molecule has 0 saturated carbocycles. The SMILES string of the molecule is [SiH3]PPPPPPP. The highest BCUT2D eigenvalue weighted by atomic mass is 32.8. The van der Waals surface area contributed by atoms with Gasteiger partial charge in [0.25, 0.3) is 0 Å². The van der Waals surface area contributed by atoms with Crippen LogP contribution in [0.5, 0.6) is 0 Å². The number of rotatable bonds is 5. The molecule has 0 rings (SSSR count). The van der Waals surface area contributed by atoms with Gasteiger partial charge in [0.2, 0.25) is 0 Å². The largest absolute Gasteiger partial charge is 0.118 e. The molecule has 8 heavy (non-hydrogen) atoms. The number of hydrogen-bond donors (Lipinski definition) is 0. The Labute approximate surface area is 66.6 Å². The molecule has 0 heterocycles. The Morgan fingerprint density at radius 2 is 1.62 bits per heavy atom. The second kappa shape index (κ2) is 10.2. The Balaban J connectivity index is 2.53. The quantitative estimate of drug-likeness (QED) is 0.403. The summed E-state index contributed by atoms with van der Waals surface area (Å²) in [6.07, 6.45) is 0. The minimum Gasteiger partial charge on any atom is -0.118 e. The molecule has 0 radical (unpaired) electrons. The second-order valence-corrected chi connectivity index (χ2v) is 24.1. The van der Waals surface area contributed by atoms with Crippen LogP contribution >= 0.6 is 56.5 Å². The van der Waals surface area contributed by atoms with E-state index in [2.05, 4.69) is 8.93 Å². The molecule has 0 N–H and O–H groups in total. The summed E-state index contributed by atoms with van der Waals surface area (Å²) in [5.41, 5.74) is 0. The molecule has 7 atom stereocenters. The van der Waals surface area contributed by atoms with Crippen molar-refractivity contribution in [3.05, 3.63) is 0 Å². The predicted molar refractivity (Wildman–Crippen MR) is 69.5 cm³/mol. The lowest BCUT2D eigenvalue weighted by Gasteiger charge is -1.95. The Kier molecular flexibility index (Phi) is 14.4. The summed E-state index contributed by atoms with van der Waals surface area (Å²) < 4.78 is 0.